The second kappa shape index (κ2) is 5.06. The lowest BCUT2D eigenvalue weighted by Crippen LogP contribution is -2.07. The van der Waals surface area contributed by atoms with Gasteiger partial charge in [-0.2, -0.15) is 0 Å². The number of carbonyl (C=O) groups is 2. The predicted octanol–water partition coefficient (Wildman–Crippen LogP) is 1.11. The smallest absolute Gasteiger partial charge is 0.340 e. The normalized spacial score (nSPS) is 10.4. The Hall–Kier alpha value is -2.17. The van der Waals surface area contributed by atoms with Gasteiger partial charge in [-0.25, -0.2) is 9.18 Å². The number of hydrogen-bond donors (Lipinski definition) is 1. The first-order valence-corrected chi connectivity index (χ1v) is 4.40. The van der Waals surface area contributed by atoms with E-state index in [2.05, 4.69) is 4.74 Å². The minimum absolute atomic E-state index is 0.0988. The lowest BCUT2D eigenvalue weighted by Gasteiger charge is -2.03. The Morgan fingerprint density at radius 2 is 2.12 bits per heavy atom. The molecule has 0 bridgehead atoms. The van der Waals surface area contributed by atoms with Crippen molar-refractivity contribution in [1.29, 1.82) is 0 Å². The fourth-order valence-electron chi connectivity index (χ4n) is 1.12. The van der Waals surface area contributed by atoms with E-state index in [1.807, 2.05) is 0 Å². The lowest BCUT2D eigenvalue weighted by atomic mass is 10.1. The van der Waals surface area contributed by atoms with Gasteiger partial charge in [0.2, 0.25) is 5.91 Å². The molecule has 2 N–H and O–H groups in total. The first-order valence-electron chi connectivity index (χ1n) is 4.40. The number of ether oxygens (including phenoxy) is 1. The van der Waals surface area contributed by atoms with Gasteiger partial charge in [-0.05, 0) is 12.1 Å². The van der Waals surface area contributed by atoms with Crippen LogP contribution in [-0.2, 0) is 9.53 Å². The van der Waals surface area contributed by atoms with E-state index in [1.54, 1.807) is 0 Å². The highest BCUT2D eigenvalue weighted by Gasteiger charge is 2.13. The van der Waals surface area contributed by atoms with E-state index in [9.17, 15) is 14.0 Å². The van der Waals surface area contributed by atoms with Crippen molar-refractivity contribution in [2.45, 2.75) is 0 Å². The number of primary amides is 1. The van der Waals surface area contributed by atoms with Crippen LogP contribution >= 0.6 is 0 Å². The maximum absolute atomic E-state index is 13.7. The highest BCUT2D eigenvalue weighted by molar-refractivity contribution is 5.92. The molecule has 0 radical (unpaired) electrons. The molecular formula is C11H10FNO3. The summed E-state index contributed by atoms with van der Waals surface area (Å²) in [6.45, 7) is 0. The molecule has 0 aliphatic carbocycles. The van der Waals surface area contributed by atoms with E-state index in [0.717, 1.165) is 13.2 Å². The van der Waals surface area contributed by atoms with Crippen LogP contribution in [0.25, 0.3) is 6.08 Å². The zero-order valence-electron chi connectivity index (χ0n) is 8.57. The summed E-state index contributed by atoms with van der Waals surface area (Å²) in [5, 5.41) is 0. The maximum Gasteiger partial charge on any atom is 0.340 e. The van der Waals surface area contributed by atoms with E-state index < -0.39 is 17.7 Å². The van der Waals surface area contributed by atoms with Gasteiger partial charge in [0.05, 0.1) is 12.7 Å². The summed E-state index contributed by atoms with van der Waals surface area (Å²) in [6.07, 6.45) is 2.21. The van der Waals surface area contributed by atoms with E-state index in [4.69, 9.17) is 5.73 Å². The zero-order valence-corrected chi connectivity index (χ0v) is 8.57. The van der Waals surface area contributed by atoms with Gasteiger partial charge in [-0.1, -0.05) is 12.1 Å². The quantitative estimate of drug-likeness (QED) is 0.616. The topological polar surface area (TPSA) is 69.4 Å². The largest absolute Gasteiger partial charge is 0.465 e. The molecule has 0 aliphatic heterocycles. The number of carbonyl (C=O) groups excluding carboxylic acids is 2. The number of benzene rings is 1. The summed E-state index contributed by atoms with van der Waals surface area (Å²) in [5.41, 5.74) is 4.79. The Kier molecular flexibility index (Phi) is 3.77. The molecule has 0 aromatic heterocycles. The molecule has 5 heteroatoms. The van der Waals surface area contributed by atoms with Crippen molar-refractivity contribution in [2.75, 3.05) is 7.11 Å². The summed E-state index contributed by atoms with van der Waals surface area (Å²) in [5.74, 6) is -2.21. The van der Waals surface area contributed by atoms with Crippen molar-refractivity contribution in [3.8, 4) is 0 Å². The average molecular weight is 223 g/mol. The molecule has 0 heterocycles. The Morgan fingerprint density at radius 1 is 1.44 bits per heavy atom. The molecule has 0 fully saturated rings. The fraction of sp³-hybridized carbons (Fsp3) is 0.0909. The van der Waals surface area contributed by atoms with Crippen LogP contribution in [0.2, 0.25) is 0 Å². The number of methoxy groups -OCH3 is 1. The molecule has 0 saturated heterocycles. The van der Waals surface area contributed by atoms with Crippen LogP contribution in [0.3, 0.4) is 0 Å². The third-order valence-electron chi connectivity index (χ3n) is 1.86. The van der Waals surface area contributed by atoms with Crippen LogP contribution in [0.1, 0.15) is 15.9 Å². The van der Waals surface area contributed by atoms with Gasteiger partial charge >= 0.3 is 5.97 Å². The third kappa shape index (κ3) is 2.66. The number of nitrogens with two attached hydrogens (primary N) is 1. The second-order valence-electron chi connectivity index (χ2n) is 2.94. The minimum atomic E-state index is -0.771. The van der Waals surface area contributed by atoms with Gasteiger partial charge in [-0.3, -0.25) is 4.79 Å². The molecule has 0 aliphatic rings. The third-order valence-corrected chi connectivity index (χ3v) is 1.86. The van der Waals surface area contributed by atoms with Crippen molar-refractivity contribution >= 4 is 18.0 Å². The molecular weight excluding hydrogens is 213 g/mol. The lowest BCUT2D eigenvalue weighted by molar-refractivity contribution is -0.113. The Balaban J connectivity index is 3.13. The van der Waals surface area contributed by atoms with Crippen LogP contribution in [0.15, 0.2) is 24.3 Å². The summed E-state index contributed by atoms with van der Waals surface area (Å²) >= 11 is 0. The molecule has 1 rings (SSSR count). The van der Waals surface area contributed by atoms with Crippen LogP contribution in [-0.4, -0.2) is 19.0 Å². The summed E-state index contributed by atoms with van der Waals surface area (Å²) in [6, 6.07) is 4.19. The van der Waals surface area contributed by atoms with Gasteiger partial charge < -0.3 is 10.5 Å². The molecule has 0 spiro atoms. The van der Waals surface area contributed by atoms with Crippen LogP contribution in [0.4, 0.5) is 4.39 Å². The van der Waals surface area contributed by atoms with Gasteiger partial charge in [0.1, 0.15) is 5.82 Å². The van der Waals surface area contributed by atoms with E-state index in [-0.39, 0.29) is 11.1 Å². The zero-order chi connectivity index (χ0) is 12.1. The summed E-state index contributed by atoms with van der Waals surface area (Å²) in [7, 11) is 1.16. The number of esters is 1. The molecule has 4 nitrogen and oxygen atoms in total. The van der Waals surface area contributed by atoms with Gasteiger partial charge in [-0.15, -0.1) is 0 Å². The van der Waals surface area contributed by atoms with E-state index in [1.165, 1.54) is 24.3 Å². The van der Waals surface area contributed by atoms with Crippen molar-refractivity contribution in [3.63, 3.8) is 0 Å². The number of amides is 1. The van der Waals surface area contributed by atoms with E-state index in [0.29, 0.717) is 0 Å². The Morgan fingerprint density at radius 3 is 2.69 bits per heavy atom. The summed E-state index contributed by atoms with van der Waals surface area (Å²) < 4.78 is 18.1. The number of hydrogen-bond acceptors (Lipinski definition) is 3. The predicted molar refractivity (Wildman–Crippen MR) is 56.0 cm³/mol. The highest BCUT2D eigenvalue weighted by atomic mass is 19.1. The average Bonchev–Trinajstić information content (AvgIpc) is 2.26. The van der Waals surface area contributed by atoms with Crippen molar-refractivity contribution in [3.05, 3.63) is 41.2 Å². The minimum Gasteiger partial charge on any atom is -0.465 e. The monoisotopic (exact) mass is 223 g/mol. The summed E-state index contributed by atoms with van der Waals surface area (Å²) in [4.78, 5) is 21.6. The molecule has 0 unspecified atom stereocenters. The fourth-order valence-corrected chi connectivity index (χ4v) is 1.12. The van der Waals surface area contributed by atoms with Gasteiger partial charge in [0, 0.05) is 11.6 Å². The maximum atomic E-state index is 13.7. The van der Waals surface area contributed by atoms with Crippen LogP contribution < -0.4 is 5.73 Å². The standard InChI is InChI=1S/C11H10FNO3/c1-16-11(15)8-4-2-3-7(10(8)12)5-6-9(13)14/h2-6H,1H3,(H2,13,14). The van der Waals surface area contributed by atoms with Gasteiger partial charge in [0.25, 0.3) is 0 Å². The van der Waals surface area contributed by atoms with Gasteiger partial charge in [0.15, 0.2) is 0 Å². The second-order valence-corrected chi connectivity index (χ2v) is 2.94. The van der Waals surface area contributed by atoms with Crippen molar-refractivity contribution in [1.82, 2.24) is 0 Å². The molecule has 0 atom stereocenters. The molecule has 0 saturated carbocycles. The Labute approximate surface area is 91.5 Å². The highest BCUT2D eigenvalue weighted by Crippen LogP contribution is 2.15. The van der Waals surface area contributed by atoms with Crippen LogP contribution in [0, 0.1) is 5.82 Å². The Bertz CT molecular complexity index is 455. The van der Waals surface area contributed by atoms with Crippen molar-refractivity contribution in [2.24, 2.45) is 5.73 Å². The molecule has 16 heavy (non-hydrogen) atoms. The van der Waals surface area contributed by atoms with Crippen molar-refractivity contribution < 1.29 is 18.7 Å². The molecule has 1 aromatic rings. The first-order chi connectivity index (χ1) is 7.56. The van der Waals surface area contributed by atoms with E-state index >= 15 is 0 Å². The number of halogens is 1. The number of rotatable bonds is 3. The molecule has 84 valence electrons. The first kappa shape index (κ1) is 11.9. The molecule has 1 amide bonds. The van der Waals surface area contributed by atoms with Crippen LogP contribution in [0.5, 0.6) is 0 Å². The SMILES string of the molecule is COC(=O)c1cccc(C=CC(N)=O)c1F. The molecule has 1 aromatic carbocycles.